The molecule has 2 aromatic rings. The first-order valence-corrected chi connectivity index (χ1v) is 9.85. The Hall–Kier alpha value is -2.80. The third-order valence-electron chi connectivity index (χ3n) is 5.86. The highest BCUT2D eigenvalue weighted by molar-refractivity contribution is 6.29. The van der Waals surface area contributed by atoms with Crippen LogP contribution in [0.25, 0.3) is 0 Å². The van der Waals surface area contributed by atoms with Crippen LogP contribution in [0, 0.1) is 10.1 Å². The van der Waals surface area contributed by atoms with Crippen LogP contribution in [0.5, 0.6) is 0 Å². The molecule has 0 aliphatic carbocycles. The van der Waals surface area contributed by atoms with E-state index < -0.39 is 0 Å². The maximum Gasteiger partial charge on any atom is 0.308 e. The van der Waals surface area contributed by atoms with E-state index in [1.807, 2.05) is 36.4 Å². The zero-order valence-electron chi connectivity index (χ0n) is 15.2. The Morgan fingerprint density at radius 3 is 2.68 bits per heavy atom. The molecule has 0 amide bonds. The van der Waals surface area contributed by atoms with Gasteiger partial charge < -0.3 is 14.7 Å². The first-order valence-electron chi connectivity index (χ1n) is 9.47. The fourth-order valence-electron chi connectivity index (χ4n) is 4.77. The van der Waals surface area contributed by atoms with Crippen molar-refractivity contribution in [3.8, 4) is 0 Å². The van der Waals surface area contributed by atoms with Crippen LogP contribution in [0.3, 0.4) is 0 Å². The highest BCUT2D eigenvalue weighted by atomic mass is 35.5. The molecular formula is C20H20ClN5O2. The molecule has 2 bridgehead atoms. The van der Waals surface area contributed by atoms with Crippen LogP contribution in [0.1, 0.15) is 18.4 Å². The molecule has 2 fully saturated rings. The van der Waals surface area contributed by atoms with Crippen molar-refractivity contribution in [2.24, 2.45) is 0 Å². The van der Waals surface area contributed by atoms with Gasteiger partial charge in [0.1, 0.15) is 17.4 Å². The van der Waals surface area contributed by atoms with Crippen molar-refractivity contribution in [2.45, 2.75) is 31.6 Å². The number of hydrogen-bond donors (Lipinski definition) is 0. The number of anilines is 1. The van der Waals surface area contributed by atoms with E-state index in [2.05, 4.69) is 19.7 Å². The molecule has 1 aromatic carbocycles. The molecule has 8 heteroatoms. The molecule has 144 valence electrons. The summed E-state index contributed by atoms with van der Waals surface area (Å²) in [5.74, 6) is 0.777. The van der Waals surface area contributed by atoms with E-state index >= 15 is 0 Å². The average Bonchev–Trinajstić information content (AvgIpc) is 3.26. The molecule has 28 heavy (non-hydrogen) atoms. The lowest BCUT2D eigenvalue weighted by Crippen LogP contribution is -2.53. The fraction of sp³-hybridized carbons (Fsp3) is 0.350. The van der Waals surface area contributed by atoms with E-state index in [-0.39, 0.29) is 17.1 Å². The normalized spacial score (nSPS) is 23.4. The van der Waals surface area contributed by atoms with Crippen molar-refractivity contribution in [3.05, 3.63) is 81.0 Å². The topological polar surface area (TPSA) is 65.8 Å². The molecule has 0 spiro atoms. The van der Waals surface area contributed by atoms with Crippen molar-refractivity contribution < 1.29 is 4.92 Å². The second-order valence-electron chi connectivity index (χ2n) is 7.39. The summed E-state index contributed by atoms with van der Waals surface area (Å²) < 4.78 is 0. The van der Waals surface area contributed by atoms with E-state index in [0.29, 0.717) is 17.4 Å². The van der Waals surface area contributed by atoms with E-state index in [1.54, 1.807) is 12.3 Å². The van der Waals surface area contributed by atoms with Gasteiger partial charge in [-0.3, -0.25) is 10.1 Å². The molecule has 0 radical (unpaired) electrons. The number of halogens is 1. The van der Waals surface area contributed by atoms with E-state index in [4.69, 9.17) is 11.6 Å². The standard InChI is InChI=1S/C20H20ClN5O2/c21-17-8-6-14(12-22-17)13-23-10-11-24-18-9-7-16(19(20(23)24)26(27)28)25(18)15-4-2-1-3-5-15/h1-6,8,12,16,18H,7,9-11,13H2/t16-,18+/m1/s1. The summed E-state index contributed by atoms with van der Waals surface area (Å²) in [6, 6.07) is 13.5. The minimum absolute atomic E-state index is 0.166. The molecule has 2 atom stereocenters. The summed E-state index contributed by atoms with van der Waals surface area (Å²) in [7, 11) is 0. The monoisotopic (exact) mass is 397 g/mol. The van der Waals surface area contributed by atoms with Gasteiger partial charge in [-0.2, -0.15) is 0 Å². The summed E-state index contributed by atoms with van der Waals surface area (Å²) in [6.45, 7) is 2.15. The smallest absolute Gasteiger partial charge is 0.308 e. The van der Waals surface area contributed by atoms with E-state index in [0.717, 1.165) is 43.0 Å². The average molecular weight is 398 g/mol. The fourth-order valence-corrected chi connectivity index (χ4v) is 4.88. The zero-order chi connectivity index (χ0) is 19.3. The van der Waals surface area contributed by atoms with Crippen LogP contribution in [0.2, 0.25) is 5.15 Å². The maximum atomic E-state index is 12.1. The first kappa shape index (κ1) is 17.3. The van der Waals surface area contributed by atoms with Crippen molar-refractivity contribution >= 4 is 17.3 Å². The number of aromatic nitrogens is 1. The van der Waals surface area contributed by atoms with Crippen molar-refractivity contribution in [3.63, 3.8) is 0 Å². The van der Waals surface area contributed by atoms with Gasteiger partial charge in [0.2, 0.25) is 0 Å². The van der Waals surface area contributed by atoms with Crippen molar-refractivity contribution in [1.82, 2.24) is 14.8 Å². The maximum absolute atomic E-state index is 12.1. The summed E-state index contributed by atoms with van der Waals surface area (Å²) in [6.07, 6.45) is 3.63. The second-order valence-corrected chi connectivity index (χ2v) is 7.77. The molecule has 4 heterocycles. The van der Waals surface area contributed by atoms with Gasteiger partial charge in [0.05, 0.1) is 4.92 Å². The molecule has 3 aliphatic heterocycles. The van der Waals surface area contributed by atoms with Gasteiger partial charge in [-0.1, -0.05) is 35.9 Å². The van der Waals surface area contributed by atoms with Gasteiger partial charge >= 0.3 is 5.70 Å². The Kier molecular flexibility index (Phi) is 4.12. The van der Waals surface area contributed by atoms with Crippen LogP contribution >= 0.6 is 11.6 Å². The van der Waals surface area contributed by atoms with Crippen molar-refractivity contribution in [2.75, 3.05) is 18.0 Å². The van der Waals surface area contributed by atoms with Crippen LogP contribution in [-0.2, 0) is 6.54 Å². The Morgan fingerprint density at radius 1 is 1.14 bits per heavy atom. The minimum Gasteiger partial charge on any atom is -0.347 e. The minimum atomic E-state index is -0.197. The number of para-hydroxylation sites is 1. The van der Waals surface area contributed by atoms with Crippen LogP contribution in [0.15, 0.2) is 60.2 Å². The Morgan fingerprint density at radius 2 is 1.96 bits per heavy atom. The molecule has 1 aromatic heterocycles. The summed E-state index contributed by atoms with van der Waals surface area (Å²) in [4.78, 5) is 22.7. The summed E-state index contributed by atoms with van der Waals surface area (Å²) in [5.41, 5.74) is 2.37. The summed E-state index contributed by atoms with van der Waals surface area (Å²) >= 11 is 5.89. The Balaban J connectivity index is 1.54. The van der Waals surface area contributed by atoms with Crippen LogP contribution in [0.4, 0.5) is 5.69 Å². The number of pyridine rings is 1. The second kappa shape index (κ2) is 6.67. The first-order chi connectivity index (χ1) is 13.6. The molecule has 5 rings (SSSR count). The van der Waals surface area contributed by atoms with Gasteiger partial charge in [0, 0.05) is 31.5 Å². The molecule has 0 saturated carbocycles. The van der Waals surface area contributed by atoms with Gasteiger partial charge in [-0.25, -0.2) is 4.98 Å². The Labute approximate surface area is 168 Å². The zero-order valence-corrected chi connectivity index (χ0v) is 16.0. The quantitative estimate of drug-likeness (QED) is 0.448. The molecule has 0 N–H and O–H groups in total. The number of hydrogen-bond acceptors (Lipinski definition) is 6. The third-order valence-corrected chi connectivity index (χ3v) is 6.08. The van der Waals surface area contributed by atoms with Crippen LogP contribution in [-0.4, -0.2) is 45.0 Å². The number of rotatable bonds is 4. The van der Waals surface area contributed by atoms with Gasteiger partial charge in [0.15, 0.2) is 5.82 Å². The van der Waals surface area contributed by atoms with E-state index in [1.165, 1.54) is 0 Å². The molecule has 2 saturated heterocycles. The molecule has 0 unspecified atom stereocenters. The SMILES string of the molecule is O=[N+]([O-])C1=C2N(Cc3ccc(Cl)nc3)CCN2[C@@H]2CC[C@H]1N2c1ccccc1. The predicted molar refractivity (Wildman–Crippen MR) is 106 cm³/mol. The number of benzene rings is 1. The lowest BCUT2D eigenvalue weighted by atomic mass is 10.1. The number of nitro groups is 1. The van der Waals surface area contributed by atoms with Gasteiger partial charge in [0.25, 0.3) is 0 Å². The van der Waals surface area contributed by atoms with Gasteiger partial charge in [-0.05, 0) is 36.6 Å². The van der Waals surface area contributed by atoms with Gasteiger partial charge in [-0.15, -0.1) is 0 Å². The lowest BCUT2D eigenvalue weighted by molar-refractivity contribution is -0.433. The third kappa shape index (κ3) is 2.69. The predicted octanol–water partition coefficient (Wildman–Crippen LogP) is 3.31. The van der Waals surface area contributed by atoms with E-state index in [9.17, 15) is 10.1 Å². The highest BCUT2D eigenvalue weighted by Gasteiger charge is 2.54. The Bertz CT molecular complexity index is 933. The van der Waals surface area contributed by atoms with Crippen LogP contribution < -0.4 is 4.90 Å². The number of nitrogens with zero attached hydrogens (tertiary/aromatic N) is 5. The molecular weight excluding hydrogens is 378 g/mol. The molecule has 7 nitrogen and oxygen atoms in total. The lowest BCUT2D eigenvalue weighted by Gasteiger charge is -2.42. The van der Waals surface area contributed by atoms with Crippen molar-refractivity contribution in [1.29, 1.82) is 0 Å². The summed E-state index contributed by atoms with van der Waals surface area (Å²) in [5, 5.41) is 12.6. The highest BCUT2D eigenvalue weighted by Crippen LogP contribution is 2.45. The number of fused-ring (bicyclic) bond motifs is 4. The molecule has 3 aliphatic rings. The largest absolute Gasteiger partial charge is 0.347 e.